The van der Waals surface area contributed by atoms with E-state index in [0.717, 1.165) is 24.5 Å². The Morgan fingerprint density at radius 1 is 1.13 bits per heavy atom. The fourth-order valence-corrected chi connectivity index (χ4v) is 6.08. The van der Waals surface area contributed by atoms with Crippen molar-refractivity contribution in [3.05, 3.63) is 12.2 Å². The van der Waals surface area contributed by atoms with Crippen LogP contribution in [-0.2, 0) is 9.53 Å². The number of carboxylic acids is 1. The molecule has 132 valence electrons. The van der Waals surface area contributed by atoms with Gasteiger partial charge in [-0.1, -0.05) is 12.2 Å². The Bertz CT molecular complexity index is 386. The Labute approximate surface area is 149 Å². The van der Waals surface area contributed by atoms with Crippen molar-refractivity contribution in [1.82, 2.24) is 0 Å². The van der Waals surface area contributed by atoms with Gasteiger partial charge in [0.2, 0.25) is 0 Å². The van der Waals surface area contributed by atoms with Crippen LogP contribution < -0.4 is 0 Å². The molecule has 2 fully saturated rings. The number of ether oxygens (including phenoxy) is 1. The first-order chi connectivity index (χ1) is 11.2. The summed E-state index contributed by atoms with van der Waals surface area (Å²) in [6.45, 7) is 2.08. The van der Waals surface area contributed by atoms with E-state index in [1.807, 2.05) is 11.8 Å². The molecule has 1 N–H and O–H groups in total. The number of hydrogen-bond donors (Lipinski definition) is 1. The molecule has 2 saturated heterocycles. The molecule has 23 heavy (non-hydrogen) atoms. The molecule has 0 aromatic carbocycles. The van der Waals surface area contributed by atoms with Crippen LogP contribution in [0.2, 0.25) is 0 Å². The summed E-state index contributed by atoms with van der Waals surface area (Å²) < 4.78 is 6.17. The normalized spacial score (nSPS) is 29.6. The molecule has 2 aliphatic heterocycles. The van der Waals surface area contributed by atoms with Gasteiger partial charge in [0, 0.05) is 18.3 Å². The first-order valence-electron chi connectivity index (χ1n) is 8.86. The number of aliphatic carboxylic acids is 1. The van der Waals surface area contributed by atoms with Crippen LogP contribution >= 0.6 is 23.5 Å². The Balaban J connectivity index is 1.63. The molecule has 2 heterocycles. The standard InChI is InChI=1S/C18H30O3S2/c1-2-3-5-10-22-12-14-15(17-9-8-16(14)21-17)13-23-11-6-4-7-18(19)20/h2-3,14-17H,4-13H2,1H3,(H,19,20)/b3-2+. The average molecular weight is 359 g/mol. The van der Waals surface area contributed by atoms with Crippen molar-refractivity contribution in [2.75, 3.05) is 23.0 Å². The highest BCUT2D eigenvalue weighted by molar-refractivity contribution is 7.99. The molecule has 0 saturated carbocycles. The molecular formula is C18H30O3S2. The monoisotopic (exact) mass is 358 g/mol. The number of thioether (sulfide) groups is 2. The molecule has 2 bridgehead atoms. The second-order valence-corrected chi connectivity index (χ2v) is 8.78. The lowest BCUT2D eigenvalue weighted by atomic mass is 9.81. The van der Waals surface area contributed by atoms with Gasteiger partial charge in [0.25, 0.3) is 0 Å². The van der Waals surface area contributed by atoms with Crippen LogP contribution in [-0.4, -0.2) is 46.3 Å². The summed E-state index contributed by atoms with van der Waals surface area (Å²) in [6.07, 6.45) is 11.2. The molecule has 4 atom stereocenters. The van der Waals surface area contributed by atoms with Crippen molar-refractivity contribution >= 4 is 29.5 Å². The predicted molar refractivity (Wildman–Crippen MR) is 100 cm³/mol. The van der Waals surface area contributed by atoms with Gasteiger partial charge in [-0.3, -0.25) is 4.79 Å². The van der Waals surface area contributed by atoms with Crippen molar-refractivity contribution < 1.29 is 14.6 Å². The van der Waals surface area contributed by atoms with Gasteiger partial charge in [-0.2, -0.15) is 23.5 Å². The van der Waals surface area contributed by atoms with Gasteiger partial charge >= 0.3 is 5.97 Å². The summed E-state index contributed by atoms with van der Waals surface area (Å²) in [7, 11) is 0. The number of rotatable bonds is 12. The van der Waals surface area contributed by atoms with Gasteiger partial charge in [-0.15, -0.1) is 0 Å². The summed E-state index contributed by atoms with van der Waals surface area (Å²) in [5.41, 5.74) is 0. The zero-order valence-corrected chi connectivity index (χ0v) is 15.7. The largest absolute Gasteiger partial charge is 0.481 e. The van der Waals surface area contributed by atoms with Crippen molar-refractivity contribution in [1.29, 1.82) is 0 Å². The third-order valence-electron chi connectivity index (χ3n) is 4.80. The van der Waals surface area contributed by atoms with Gasteiger partial charge < -0.3 is 9.84 Å². The molecule has 0 aromatic rings. The topological polar surface area (TPSA) is 46.5 Å². The van der Waals surface area contributed by atoms with Crippen molar-refractivity contribution in [3.63, 3.8) is 0 Å². The summed E-state index contributed by atoms with van der Waals surface area (Å²) in [5.74, 6) is 5.50. The molecule has 3 nitrogen and oxygen atoms in total. The zero-order chi connectivity index (χ0) is 16.5. The Kier molecular flexibility index (Phi) is 8.91. The first kappa shape index (κ1) is 19.2. The van der Waals surface area contributed by atoms with E-state index in [9.17, 15) is 4.79 Å². The van der Waals surface area contributed by atoms with E-state index in [4.69, 9.17) is 9.84 Å². The van der Waals surface area contributed by atoms with E-state index < -0.39 is 5.97 Å². The Hall–Kier alpha value is -0.130. The minimum absolute atomic E-state index is 0.309. The Morgan fingerprint density at radius 2 is 1.78 bits per heavy atom. The second kappa shape index (κ2) is 10.7. The smallest absolute Gasteiger partial charge is 0.303 e. The maximum atomic E-state index is 10.5. The highest BCUT2D eigenvalue weighted by atomic mass is 32.2. The maximum Gasteiger partial charge on any atom is 0.303 e. The van der Waals surface area contributed by atoms with Crippen LogP contribution in [0.25, 0.3) is 0 Å². The number of allylic oxidation sites excluding steroid dienone is 2. The highest BCUT2D eigenvalue weighted by Gasteiger charge is 2.48. The van der Waals surface area contributed by atoms with Crippen LogP contribution in [0.3, 0.4) is 0 Å². The van der Waals surface area contributed by atoms with Crippen LogP contribution in [0.1, 0.15) is 45.4 Å². The number of unbranched alkanes of at least 4 members (excludes halogenated alkanes) is 1. The van der Waals surface area contributed by atoms with E-state index in [1.165, 1.54) is 36.5 Å². The molecule has 0 radical (unpaired) electrons. The number of fused-ring (bicyclic) bond motifs is 2. The zero-order valence-electron chi connectivity index (χ0n) is 14.1. The minimum Gasteiger partial charge on any atom is -0.481 e. The van der Waals surface area contributed by atoms with Crippen molar-refractivity contribution in [3.8, 4) is 0 Å². The van der Waals surface area contributed by atoms with Gasteiger partial charge in [0.1, 0.15) is 0 Å². The summed E-state index contributed by atoms with van der Waals surface area (Å²) in [6, 6.07) is 0. The predicted octanol–water partition coefficient (Wildman–Crippen LogP) is 4.47. The molecule has 0 aliphatic carbocycles. The Morgan fingerprint density at radius 3 is 2.39 bits per heavy atom. The van der Waals surface area contributed by atoms with Gasteiger partial charge in [-0.25, -0.2) is 0 Å². The van der Waals surface area contributed by atoms with E-state index >= 15 is 0 Å². The second-order valence-electron chi connectivity index (χ2n) is 6.48. The number of carbonyl (C=O) groups is 1. The van der Waals surface area contributed by atoms with Gasteiger partial charge in [0.05, 0.1) is 12.2 Å². The molecule has 2 aliphatic rings. The highest BCUT2D eigenvalue weighted by Crippen LogP contribution is 2.46. The van der Waals surface area contributed by atoms with E-state index in [0.29, 0.717) is 24.5 Å². The fourth-order valence-electron chi connectivity index (χ4n) is 3.57. The lowest BCUT2D eigenvalue weighted by Gasteiger charge is -2.27. The van der Waals surface area contributed by atoms with Gasteiger partial charge in [0.15, 0.2) is 0 Å². The molecular weight excluding hydrogens is 328 g/mol. The molecule has 0 amide bonds. The van der Waals surface area contributed by atoms with E-state index in [2.05, 4.69) is 30.8 Å². The molecule has 4 unspecified atom stereocenters. The van der Waals surface area contributed by atoms with Crippen LogP contribution in [0.5, 0.6) is 0 Å². The molecule has 5 heteroatoms. The summed E-state index contributed by atoms with van der Waals surface area (Å²) in [5, 5.41) is 8.66. The van der Waals surface area contributed by atoms with Crippen molar-refractivity contribution in [2.24, 2.45) is 11.8 Å². The lowest BCUT2D eigenvalue weighted by Crippen LogP contribution is -2.30. The summed E-state index contributed by atoms with van der Waals surface area (Å²) >= 11 is 4.08. The average Bonchev–Trinajstić information content (AvgIpc) is 3.12. The summed E-state index contributed by atoms with van der Waals surface area (Å²) in [4.78, 5) is 10.5. The maximum absolute atomic E-state index is 10.5. The first-order valence-corrected chi connectivity index (χ1v) is 11.2. The molecule has 0 aromatic heterocycles. The van der Waals surface area contributed by atoms with Crippen LogP contribution in [0.15, 0.2) is 12.2 Å². The third kappa shape index (κ3) is 6.35. The number of carboxylic acid groups (broad SMARTS) is 1. The van der Waals surface area contributed by atoms with E-state index in [-0.39, 0.29) is 0 Å². The SMILES string of the molecule is C/C=C/CCSCC1C2CCC(O2)C1CSCCCCC(=O)O. The lowest BCUT2D eigenvalue weighted by molar-refractivity contribution is -0.137. The van der Waals surface area contributed by atoms with Crippen LogP contribution in [0.4, 0.5) is 0 Å². The van der Waals surface area contributed by atoms with Crippen molar-refractivity contribution in [2.45, 2.75) is 57.7 Å². The number of hydrogen-bond acceptors (Lipinski definition) is 4. The quantitative estimate of drug-likeness (QED) is 0.412. The molecule has 2 rings (SSSR count). The van der Waals surface area contributed by atoms with Gasteiger partial charge in [-0.05, 0) is 62.0 Å². The fraction of sp³-hybridized carbons (Fsp3) is 0.833. The third-order valence-corrected chi connectivity index (χ3v) is 7.15. The van der Waals surface area contributed by atoms with Crippen LogP contribution in [0, 0.1) is 11.8 Å². The minimum atomic E-state index is -0.675. The molecule has 0 spiro atoms. The van der Waals surface area contributed by atoms with E-state index in [1.54, 1.807) is 0 Å².